The quantitative estimate of drug-likeness (QED) is 0.421. The fourth-order valence-corrected chi connectivity index (χ4v) is 4.83. The number of carbonyl (C=O) groups is 1. The van der Waals surface area contributed by atoms with Crippen molar-refractivity contribution in [3.8, 4) is 5.75 Å². The number of thioether (sulfide) groups is 1. The maximum atomic E-state index is 13.3. The molecule has 0 aromatic heterocycles. The molecule has 0 N–H and O–H groups in total. The molecule has 0 radical (unpaired) electrons. The van der Waals surface area contributed by atoms with Gasteiger partial charge in [0.2, 0.25) is 0 Å². The highest BCUT2D eigenvalue weighted by Gasteiger charge is 2.34. The van der Waals surface area contributed by atoms with E-state index in [-0.39, 0.29) is 24.4 Å². The number of hydrogen-bond donors (Lipinski definition) is 0. The van der Waals surface area contributed by atoms with E-state index < -0.39 is 0 Å². The lowest BCUT2D eigenvalue weighted by Gasteiger charge is -2.18. The fourth-order valence-electron chi connectivity index (χ4n) is 3.31. The molecule has 30 heavy (non-hydrogen) atoms. The van der Waals surface area contributed by atoms with Gasteiger partial charge in [0.25, 0.3) is 5.91 Å². The van der Waals surface area contributed by atoms with Crippen LogP contribution in [0.25, 0.3) is 6.08 Å². The van der Waals surface area contributed by atoms with Gasteiger partial charge in [-0.05, 0) is 54.3 Å². The Morgan fingerprint density at radius 3 is 2.93 bits per heavy atom. The van der Waals surface area contributed by atoms with Crippen LogP contribution >= 0.6 is 35.6 Å². The van der Waals surface area contributed by atoms with Crippen molar-refractivity contribution in [1.29, 1.82) is 0 Å². The van der Waals surface area contributed by atoms with Gasteiger partial charge >= 0.3 is 0 Å². The highest BCUT2D eigenvalue weighted by Crippen LogP contribution is 2.35. The average Bonchev–Trinajstić information content (AvgIpc) is 3.32. The number of amides is 1. The summed E-state index contributed by atoms with van der Waals surface area (Å²) in [6.45, 7) is 1.44. The lowest BCUT2D eigenvalue weighted by Crippen LogP contribution is -2.35. The molecule has 1 amide bonds. The second-order valence-electron chi connectivity index (χ2n) is 7.04. The van der Waals surface area contributed by atoms with Crippen LogP contribution < -0.4 is 4.74 Å². The molecule has 2 fully saturated rings. The lowest BCUT2D eigenvalue weighted by molar-refractivity contribution is -0.123. The van der Waals surface area contributed by atoms with Crippen LogP contribution in [0.15, 0.2) is 47.4 Å². The number of halogens is 2. The van der Waals surface area contributed by atoms with E-state index in [0.717, 1.165) is 25.0 Å². The topological polar surface area (TPSA) is 38.8 Å². The number of ether oxygens (including phenoxy) is 2. The smallest absolute Gasteiger partial charge is 0.266 e. The summed E-state index contributed by atoms with van der Waals surface area (Å²) < 4.78 is 25.1. The van der Waals surface area contributed by atoms with E-state index in [1.807, 2.05) is 6.07 Å². The summed E-state index contributed by atoms with van der Waals surface area (Å²) in [5, 5.41) is 0.412. The zero-order valence-electron chi connectivity index (χ0n) is 16.0. The van der Waals surface area contributed by atoms with E-state index in [9.17, 15) is 9.18 Å². The van der Waals surface area contributed by atoms with Gasteiger partial charge in [0.1, 0.15) is 22.5 Å². The fraction of sp³-hybridized carbons (Fsp3) is 0.273. The van der Waals surface area contributed by atoms with E-state index >= 15 is 0 Å². The molecule has 2 saturated heterocycles. The third-order valence-electron chi connectivity index (χ3n) is 4.82. The van der Waals surface area contributed by atoms with Crippen LogP contribution in [0.3, 0.4) is 0 Å². The van der Waals surface area contributed by atoms with Crippen LogP contribution in [0.5, 0.6) is 5.75 Å². The van der Waals surface area contributed by atoms with Crippen molar-refractivity contribution in [2.45, 2.75) is 25.6 Å². The molecule has 8 heteroatoms. The minimum Gasteiger partial charge on any atom is -0.487 e. The Kier molecular flexibility index (Phi) is 6.73. The first-order valence-corrected chi connectivity index (χ1v) is 11.1. The predicted octanol–water partition coefficient (Wildman–Crippen LogP) is 5.44. The minimum atomic E-state index is -0.311. The summed E-state index contributed by atoms with van der Waals surface area (Å²) in [5.74, 6) is 0.0708. The first-order valence-electron chi connectivity index (χ1n) is 9.53. The second kappa shape index (κ2) is 9.47. The monoisotopic (exact) mass is 463 g/mol. The van der Waals surface area contributed by atoms with Gasteiger partial charge in [0.15, 0.2) is 0 Å². The Hall–Kier alpha value is -1.93. The van der Waals surface area contributed by atoms with E-state index in [1.54, 1.807) is 35.2 Å². The summed E-state index contributed by atoms with van der Waals surface area (Å²) in [6.07, 6.45) is 3.79. The van der Waals surface area contributed by atoms with Crippen LogP contribution in [-0.2, 0) is 16.1 Å². The third kappa shape index (κ3) is 5.03. The van der Waals surface area contributed by atoms with Crippen LogP contribution in [0.4, 0.5) is 4.39 Å². The Bertz CT molecular complexity index is 1010. The molecule has 0 aliphatic carbocycles. The molecule has 4 nitrogen and oxygen atoms in total. The SMILES string of the molecule is O=C1/C(=C/c2ccc(OCc3cccc(F)c3)c(Cl)c2)SC(=S)N1C[C@@H]1CCCO1. The Balaban J connectivity index is 1.43. The van der Waals surface area contributed by atoms with Crippen molar-refractivity contribution in [3.63, 3.8) is 0 Å². The van der Waals surface area contributed by atoms with Gasteiger partial charge in [-0.15, -0.1) is 0 Å². The standard InChI is InChI=1S/C22H19ClFNO3S2/c23-18-10-14(6-7-19(18)28-13-15-3-1-4-16(24)9-15)11-20-21(26)25(22(29)30-20)12-17-5-2-8-27-17/h1,3-4,6-7,9-11,17H,2,5,8,12-13H2/b20-11-/t17-/m0/s1. The van der Waals surface area contributed by atoms with Crippen molar-refractivity contribution in [1.82, 2.24) is 4.90 Å². The van der Waals surface area contributed by atoms with E-state index in [1.165, 1.54) is 23.9 Å². The summed E-state index contributed by atoms with van der Waals surface area (Å²) in [7, 11) is 0. The highest BCUT2D eigenvalue weighted by molar-refractivity contribution is 8.26. The summed E-state index contributed by atoms with van der Waals surface area (Å²) in [4.78, 5) is 14.9. The summed E-state index contributed by atoms with van der Waals surface area (Å²) >= 11 is 13.0. The zero-order valence-corrected chi connectivity index (χ0v) is 18.4. The van der Waals surface area contributed by atoms with Gasteiger partial charge in [0, 0.05) is 6.61 Å². The molecule has 0 spiro atoms. The average molecular weight is 464 g/mol. The number of nitrogens with zero attached hydrogens (tertiary/aromatic N) is 1. The number of hydrogen-bond acceptors (Lipinski definition) is 5. The van der Waals surface area contributed by atoms with Crippen molar-refractivity contribution in [3.05, 3.63) is 69.3 Å². The van der Waals surface area contributed by atoms with Gasteiger partial charge in [-0.25, -0.2) is 4.39 Å². The Morgan fingerprint density at radius 1 is 1.33 bits per heavy atom. The van der Waals surface area contributed by atoms with E-state index in [4.69, 9.17) is 33.3 Å². The molecule has 2 aromatic rings. The van der Waals surface area contributed by atoms with Gasteiger partial charge in [-0.1, -0.05) is 53.8 Å². The molecule has 0 unspecified atom stereocenters. The molecule has 2 aromatic carbocycles. The molecule has 2 heterocycles. The molecule has 2 aliphatic rings. The zero-order chi connectivity index (χ0) is 21.1. The second-order valence-corrected chi connectivity index (χ2v) is 9.12. The first kappa shape index (κ1) is 21.3. The van der Waals surface area contributed by atoms with Crippen LogP contribution in [0.2, 0.25) is 5.02 Å². The van der Waals surface area contributed by atoms with E-state index in [0.29, 0.717) is 32.1 Å². The molecule has 1 atom stereocenters. The molecular weight excluding hydrogens is 445 g/mol. The molecule has 0 bridgehead atoms. The highest BCUT2D eigenvalue weighted by atomic mass is 35.5. The van der Waals surface area contributed by atoms with Crippen LogP contribution in [0.1, 0.15) is 24.0 Å². The third-order valence-corrected chi connectivity index (χ3v) is 6.49. The molecule has 2 aliphatic heterocycles. The van der Waals surface area contributed by atoms with Gasteiger partial charge in [-0.2, -0.15) is 0 Å². The lowest BCUT2D eigenvalue weighted by atomic mass is 10.2. The molecular formula is C22H19ClFNO3S2. The normalized spacial score (nSPS) is 20.4. The Labute approximate surface area is 189 Å². The largest absolute Gasteiger partial charge is 0.487 e. The van der Waals surface area contributed by atoms with Gasteiger partial charge < -0.3 is 9.47 Å². The first-order chi connectivity index (χ1) is 14.5. The molecule has 4 rings (SSSR count). The predicted molar refractivity (Wildman–Crippen MR) is 121 cm³/mol. The number of rotatable bonds is 6. The molecule has 156 valence electrons. The van der Waals surface area contributed by atoms with Gasteiger partial charge in [0.05, 0.1) is 22.6 Å². The number of thiocarbonyl (C=S) groups is 1. The van der Waals surface area contributed by atoms with E-state index in [2.05, 4.69) is 0 Å². The van der Waals surface area contributed by atoms with Crippen LogP contribution in [0, 0.1) is 5.82 Å². The van der Waals surface area contributed by atoms with Crippen molar-refractivity contribution in [2.24, 2.45) is 0 Å². The summed E-state index contributed by atoms with van der Waals surface area (Å²) in [6, 6.07) is 11.5. The maximum Gasteiger partial charge on any atom is 0.266 e. The van der Waals surface area contributed by atoms with Crippen LogP contribution in [-0.4, -0.2) is 34.4 Å². The maximum absolute atomic E-state index is 13.3. The number of benzene rings is 2. The van der Waals surface area contributed by atoms with Crippen molar-refractivity contribution >= 4 is 51.9 Å². The van der Waals surface area contributed by atoms with Gasteiger partial charge in [-0.3, -0.25) is 9.69 Å². The minimum absolute atomic E-state index is 0.0517. The summed E-state index contributed by atoms with van der Waals surface area (Å²) in [5.41, 5.74) is 1.49. The Morgan fingerprint density at radius 2 is 2.20 bits per heavy atom. The van der Waals surface area contributed by atoms with Crippen molar-refractivity contribution in [2.75, 3.05) is 13.2 Å². The molecule has 0 saturated carbocycles. The number of carbonyl (C=O) groups excluding carboxylic acids is 1. The van der Waals surface area contributed by atoms with Crippen molar-refractivity contribution < 1.29 is 18.7 Å².